The first kappa shape index (κ1) is 16.4. The number of hydrogen-bond acceptors (Lipinski definition) is 5. The number of urea groups is 1. The lowest BCUT2D eigenvalue weighted by Gasteiger charge is -2.26. The second kappa shape index (κ2) is 6.96. The molecule has 8 heteroatoms. The van der Waals surface area contributed by atoms with Crippen LogP contribution in [0.25, 0.3) is 11.4 Å². The number of nitrogens with one attached hydrogen (secondary N) is 2. The standard InChI is InChI=1S/C16H22N6O2/c1-10-3-4-11(15-19-21-22(2)20-15)9-14(10)18-16(24)17-12-5-7-13(23)8-6-12/h3-4,9,12-13,23H,5-8H2,1-2H3,(H2,17,18,24). The van der Waals surface area contributed by atoms with Gasteiger partial charge in [-0.2, -0.15) is 4.80 Å². The Kier molecular flexibility index (Phi) is 4.75. The zero-order valence-corrected chi connectivity index (χ0v) is 13.9. The van der Waals surface area contributed by atoms with Gasteiger partial charge in [0.1, 0.15) is 0 Å². The number of amides is 2. The number of rotatable bonds is 3. The van der Waals surface area contributed by atoms with Gasteiger partial charge in [0.15, 0.2) is 0 Å². The molecular formula is C16H22N6O2. The van der Waals surface area contributed by atoms with E-state index in [4.69, 9.17) is 0 Å². The lowest BCUT2D eigenvalue weighted by molar-refractivity contribution is 0.118. The Morgan fingerprint density at radius 1 is 1.29 bits per heavy atom. The first-order valence-corrected chi connectivity index (χ1v) is 8.12. The molecule has 1 aliphatic carbocycles. The minimum Gasteiger partial charge on any atom is -0.393 e. The van der Waals surface area contributed by atoms with E-state index in [1.807, 2.05) is 25.1 Å². The van der Waals surface area contributed by atoms with Gasteiger partial charge in [0, 0.05) is 17.3 Å². The van der Waals surface area contributed by atoms with Gasteiger partial charge in [-0.25, -0.2) is 4.79 Å². The van der Waals surface area contributed by atoms with Crippen LogP contribution in [0.4, 0.5) is 10.5 Å². The molecule has 8 nitrogen and oxygen atoms in total. The highest BCUT2D eigenvalue weighted by molar-refractivity contribution is 5.91. The first-order chi connectivity index (χ1) is 11.5. The summed E-state index contributed by atoms with van der Waals surface area (Å²) in [7, 11) is 1.71. The van der Waals surface area contributed by atoms with Gasteiger partial charge >= 0.3 is 6.03 Å². The summed E-state index contributed by atoms with van der Waals surface area (Å²) in [5.74, 6) is 0.516. The maximum Gasteiger partial charge on any atom is 0.319 e. The molecule has 3 rings (SSSR count). The van der Waals surface area contributed by atoms with Crippen molar-refractivity contribution in [2.75, 3.05) is 5.32 Å². The van der Waals surface area contributed by atoms with Gasteiger partial charge in [-0.1, -0.05) is 12.1 Å². The maximum absolute atomic E-state index is 12.2. The summed E-state index contributed by atoms with van der Waals surface area (Å²) in [6, 6.07) is 5.54. The minimum absolute atomic E-state index is 0.110. The summed E-state index contributed by atoms with van der Waals surface area (Å²) in [5.41, 5.74) is 2.47. The van der Waals surface area contributed by atoms with Gasteiger partial charge in [-0.05, 0) is 49.5 Å². The highest BCUT2D eigenvalue weighted by atomic mass is 16.3. The summed E-state index contributed by atoms with van der Waals surface area (Å²) in [4.78, 5) is 13.6. The number of carbonyl (C=O) groups excluding carboxylic acids is 1. The number of aliphatic hydroxyl groups is 1. The molecule has 1 saturated carbocycles. The summed E-state index contributed by atoms with van der Waals surface area (Å²) in [6.45, 7) is 1.93. The molecule has 1 aromatic carbocycles. The number of nitrogens with zero attached hydrogens (tertiary/aromatic N) is 4. The second-order valence-electron chi connectivity index (χ2n) is 6.24. The summed E-state index contributed by atoms with van der Waals surface area (Å²) in [5, 5.41) is 27.4. The number of hydrogen-bond donors (Lipinski definition) is 3. The van der Waals surface area contributed by atoms with E-state index in [1.54, 1.807) is 7.05 Å². The third kappa shape index (κ3) is 3.88. The molecule has 24 heavy (non-hydrogen) atoms. The highest BCUT2D eigenvalue weighted by Gasteiger charge is 2.21. The van der Waals surface area contributed by atoms with Crippen LogP contribution in [0.5, 0.6) is 0 Å². The van der Waals surface area contributed by atoms with Crippen molar-refractivity contribution >= 4 is 11.7 Å². The van der Waals surface area contributed by atoms with Crippen molar-refractivity contribution < 1.29 is 9.90 Å². The smallest absolute Gasteiger partial charge is 0.319 e. The van der Waals surface area contributed by atoms with Crippen molar-refractivity contribution in [1.82, 2.24) is 25.5 Å². The van der Waals surface area contributed by atoms with Crippen LogP contribution in [0, 0.1) is 6.92 Å². The predicted molar refractivity (Wildman–Crippen MR) is 89.4 cm³/mol. The fourth-order valence-electron chi connectivity index (χ4n) is 2.86. The molecule has 3 N–H and O–H groups in total. The number of aliphatic hydroxyl groups excluding tert-OH is 1. The van der Waals surface area contributed by atoms with Gasteiger partial charge in [-0.15, -0.1) is 10.2 Å². The van der Waals surface area contributed by atoms with Crippen molar-refractivity contribution in [2.24, 2.45) is 7.05 Å². The van der Waals surface area contributed by atoms with Crippen LogP contribution in [0.3, 0.4) is 0 Å². The molecule has 0 atom stereocenters. The van der Waals surface area contributed by atoms with Gasteiger partial charge in [-0.3, -0.25) is 0 Å². The zero-order chi connectivity index (χ0) is 17.1. The Morgan fingerprint density at radius 2 is 2.04 bits per heavy atom. The van der Waals surface area contributed by atoms with E-state index in [9.17, 15) is 9.90 Å². The molecule has 0 bridgehead atoms. The quantitative estimate of drug-likeness (QED) is 0.793. The Bertz CT molecular complexity index is 721. The van der Waals surface area contributed by atoms with Crippen molar-refractivity contribution in [1.29, 1.82) is 0 Å². The van der Waals surface area contributed by atoms with Crippen molar-refractivity contribution in [3.05, 3.63) is 23.8 Å². The summed E-state index contributed by atoms with van der Waals surface area (Å²) < 4.78 is 0. The number of aryl methyl sites for hydroxylation is 2. The molecule has 0 radical (unpaired) electrons. The normalized spacial score (nSPS) is 20.6. The number of benzene rings is 1. The molecule has 0 spiro atoms. The molecule has 0 aliphatic heterocycles. The lowest BCUT2D eigenvalue weighted by Crippen LogP contribution is -2.41. The van der Waals surface area contributed by atoms with Crippen LogP contribution in [0.15, 0.2) is 18.2 Å². The van der Waals surface area contributed by atoms with Crippen LogP contribution in [-0.4, -0.2) is 43.5 Å². The van der Waals surface area contributed by atoms with Crippen LogP contribution in [0.2, 0.25) is 0 Å². The molecule has 0 unspecified atom stereocenters. The third-order valence-electron chi connectivity index (χ3n) is 4.28. The van der Waals surface area contributed by atoms with E-state index in [0.29, 0.717) is 11.5 Å². The monoisotopic (exact) mass is 330 g/mol. The number of aromatic nitrogens is 4. The van der Waals surface area contributed by atoms with Gasteiger partial charge in [0.2, 0.25) is 5.82 Å². The SMILES string of the molecule is Cc1ccc(-c2nnn(C)n2)cc1NC(=O)NC1CCC(O)CC1. The third-order valence-corrected chi connectivity index (χ3v) is 4.28. The van der Waals surface area contributed by atoms with Gasteiger partial charge < -0.3 is 15.7 Å². The van der Waals surface area contributed by atoms with E-state index in [1.165, 1.54) is 4.80 Å². The van der Waals surface area contributed by atoms with Crippen molar-refractivity contribution in [3.63, 3.8) is 0 Å². The van der Waals surface area contributed by atoms with E-state index in [-0.39, 0.29) is 18.2 Å². The fraction of sp³-hybridized carbons (Fsp3) is 0.500. The fourth-order valence-corrected chi connectivity index (χ4v) is 2.86. The van der Waals surface area contributed by atoms with Crippen LogP contribution < -0.4 is 10.6 Å². The molecule has 1 fully saturated rings. The van der Waals surface area contributed by atoms with Crippen molar-refractivity contribution in [3.8, 4) is 11.4 Å². The summed E-state index contributed by atoms with van der Waals surface area (Å²) >= 11 is 0. The van der Waals surface area contributed by atoms with E-state index < -0.39 is 0 Å². The number of tetrazole rings is 1. The molecule has 1 aromatic heterocycles. The predicted octanol–water partition coefficient (Wildman–Crippen LogP) is 1.61. The number of anilines is 1. The largest absolute Gasteiger partial charge is 0.393 e. The molecule has 1 aliphatic rings. The Morgan fingerprint density at radius 3 is 2.71 bits per heavy atom. The highest BCUT2D eigenvalue weighted by Crippen LogP contribution is 2.23. The van der Waals surface area contributed by atoms with Crippen molar-refractivity contribution in [2.45, 2.75) is 44.8 Å². The molecule has 2 aromatic rings. The van der Waals surface area contributed by atoms with Crippen LogP contribution in [-0.2, 0) is 7.05 Å². The lowest BCUT2D eigenvalue weighted by atomic mass is 9.93. The average Bonchev–Trinajstić information content (AvgIpc) is 2.98. The Balaban J connectivity index is 1.66. The Hall–Kier alpha value is -2.48. The minimum atomic E-state index is -0.233. The summed E-state index contributed by atoms with van der Waals surface area (Å²) in [6.07, 6.45) is 2.84. The van der Waals surface area contributed by atoms with Crippen LogP contribution in [0.1, 0.15) is 31.2 Å². The second-order valence-corrected chi connectivity index (χ2v) is 6.24. The van der Waals surface area contributed by atoms with E-state index in [0.717, 1.165) is 36.8 Å². The number of carbonyl (C=O) groups is 1. The van der Waals surface area contributed by atoms with E-state index >= 15 is 0 Å². The molecule has 128 valence electrons. The van der Waals surface area contributed by atoms with Crippen LogP contribution >= 0.6 is 0 Å². The Labute approximate surface area is 140 Å². The molecule has 1 heterocycles. The molecular weight excluding hydrogens is 308 g/mol. The average molecular weight is 330 g/mol. The van der Waals surface area contributed by atoms with Gasteiger partial charge in [0.05, 0.1) is 13.2 Å². The first-order valence-electron chi connectivity index (χ1n) is 8.12. The maximum atomic E-state index is 12.2. The molecule has 0 saturated heterocycles. The van der Waals surface area contributed by atoms with E-state index in [2.05, 4.69) is 26.0 Å². The molecule has 2 amide bonds. The topological polar surface area (TPSA) is 105 Å². The zero-order valence-electron chi connectivity index (χ0n) is 13.9. The van der Waals surface area contributed by atoms with Gasteiger partial charge in [0.25, 0.3) is 0 Å².